The maximum absolute atomic E-state index is 13.2. The lowest BCUT2D eigenvalue weighted by atomic mass is 10.1. The van der Waals surface area contributed by atoms with E-state index in [1.165, 1.54) is 31.8 Å². The molecule has 0 atom stereocenters. The minimum absolute atomic E-state index is 0.229. The van der Waals surface area contributed by atoms with Gasteiger partial charge in [-0.05, 0) is 23.8 Å². The molecule has 2 heterocycles. The summed E-state index contributed by atoms with van der Waals surface area (Å²) in [5.74, 6) is 0.384. The number of esters is 1. The first-order valence-electron chi connectivity index (χ1n) is 11.1. The lowest BCUT2D eigenvalue weighted by molar-refractivity contribution is 0.0463. The van der Waals surface area contributed by atoms with E-state index in [0.717, 1.165) is 10.1 Å². The highest BCUT2D eigenvalue weighted by Crippen LogP contribution is 2.33. The topological polar surface area (TPSA) is 107 Å². The van der Waals surface area contributed by atoms with Crippen molar-refractivity contribution in [3.05, 3.63) is 98.5 Å². The number of ether oxygens (including phenoxy) is 3. The molecule has 36 heavy (non-hydrogen) atoms. The van der Waals surface area contributed by atoms with Gasteiger partial charge in [-0.15, -0.1) is 0 Å². The Morgan fingerprint density at radius 1 is 0.917 bits per heavy atom. The molecule has 0 aliphatic rings. The minimum atomic E-state index is -0.646. The molecule has 0 saturated heterocycles. The molecule has 2 aromatic carbocycles. The van der Waals surface area contributed by atoms with E-state index in [2.05, 4.69) is 5.10 Å². The Kier molecular flexibility index (Phi) is 7.05. The molecule has 4 aromatic rings. The van der Waals surface area contributed by atoms with Crippen molar-refractivity contribution >= 4 is 5.97 Å². The van der Waals surface area contributed by atoms with Crippen LogP contribution in [0.1, 0.15) is 21.6 Å². The number of hydrogen-bond acceptors (Lipinski definition) is 7. The van der Waals surface area contributed by atoms with Gasteiger partial charge in [-0.1, -0.05) is 30.3 Å². The Labute approximate surface area is 206 Å². The first kappa shape index (κ1) is 24.5. The molecule has 0 unspecified atom stereocenters. The van der Waals surface area contributed by atoms with Crippen molar-refractivity contribution in [2.45, 2.75) is 13.2 Å². The summed E-state index contributed by atoms with van der Waals surface area (Å²) in [6.45, 7) is 0.188. The van der Waals surface area contributed by atoms with Gasteiger partial charge in [0.2, 0.25) is 0 Å². The largest absolute Gasteiger partial charge is 0.493 e. The molecule has 186 valence electrons. The summed E-state index contributed by atoms with van der Waals surface area (Å²) < 4.78 is 20.2. The third-order valence-electron chi connectivity index (χ3n) is 5.80. The maximum Gasteiger partial charge on any atom is 0.342 e. The van der Waals surface area contributed by atoms with E-state index >= 15 is 0 Å². The van der Waals surface area contributed by atoms with Crippen LogP contribution in [0.15, 0.2) is 70.4 Å². The molecular formula is C26H26N4O6. The van der Waals surface area contributed by atoms with Crippen molar-refractivity contribution in [2.75, 3.05) is 14.2 Å². The monoisotopic (exact) mass is 490 g/mol. The second-order valence-corrected chi connectivity index (χ2v) is 8.09. The molecule has 0 aliphatic carbocycles. The normalized spacial score (nSPS) is 10.8. The van der Waals surface area contributed by atoms with Gasteiger partial charge in [-0.2, -0.15) is 5.10 Å². The summed E-state index contributed by atoms with van der Waals surface area (Å²) in [6.07, 6.45) is 1.62. The van der Waals surface area contributed by atoms with Crippen molar-refractivity contribution in [3.63, 3.8) is 0 Å². The highest BCUT2D eigenvalue weighted by molar-refractivity contribution is 5.96. The Morgan fingerprint density at radius 3 is 2.33 bits per heavy atom. The van der Waals surface area contributed by atoms with E-state index < -0.39 is 17.2 Å². The Bertz CT molecular complexity index is 1520. The summed E-state index contributed by atoms with van der Waals surface area (Å²) in [7, 11) is 5.97. The van der Waals surface area contributed by atoms with E-state index in [4.69, 9.17) is 14.2 Å². The van der Waals surface area contributed by atoms with Gasteiger partial charge < -0.3 is 14.2 Å². The average molecular weight is 491 g/mol. The molecular weight excluding hydrogens is 464 g/mol. The summed E-state index contributed by atoms with van der Waals surface area (Å²) in [5, 5.41) is 4.65. The first-order valence-corrected chi connectivity index (χ1v) is 11.1. The van der Waals surface area contributed by atoms with Crippen LogP contribution in [0.4, 0.5) is 0 Å². The van der Waals surface area contributed by atoms with Crippen LogP contribution in [0.2, 0.25) is 0 Å². The van der Waals surface area contributed by atoms with Crippen LogP contribution < -0.4 is 20.7 Å². The molecule has 10 nitrogen and oxygen atoms in total. The molecule has 0 fully saturated rings. The number of hydrogen-bond donors (Lipinski definition) is 0. The maximum atomic E-state index is 13.2. The van der Waals surface area contributed by atoms with Crippen LogP contribution >= 0.6 is 0 Å². The molecule has 10 heteroatoms. The molecule has 4 rings (SSSR count). The highest BCUT2D eigenvalue weighted by atomic mass is 16.5. The van der Waals surface area contributed by atoms with E-state index in [1.54, 1.807) is 36.2 Å². The number of rotatable bonds is 8. The zero-order valence-corrected chi connectivity index (χ0v) is 20.4. The number of nitrogens with zero attached hydrogens (tertiary/aromatic N) is 4. The average Bonchev–Trinajstić information content (AvgIpc) is 3.32. The predicted octanol–water partition coefficient (Wildman–Crippen LogP) is 2.37. The third-order valence-corrected chi connectivity index (χ3v) is 5.80. The summed E-state index contributed by atoms with van der Waals surface area (Å²) in [4.78, 5) is 37.4. The summed E-state index contributed by atoms with van der Waals surface area (Å²) >= 11 is 0. The fraction of sp³-hybridized carbons (Fsp3) is 0.231. The van der Waals surface area contributed by atoms with Crippen LogP contribution in [-0.4, -0.2) is 39.1 Å². The molecule has 0 aliphatic heterocycles. The highest BCUT2D eigenvalue weighted by Gasteiger charge is 2.21. The van der Waals surface area contributed by atoms with Gasteiger partial charge in [0.05, 0.1) is 26.5 Å². The molecule has 0 saturated carbocycles. The Balaban J connectivity index is 1.69. The van der Waals surface area contributed by atoms with Crippen LogP contribution in [0.3, 0.4) is 0 Å². The SMILES string of the molecule is COc1ccc(-c2nn(Cc3ccccc3)cc2C(=O)OCc2cc(=O)n(C)c(=O)n2C)cc1OC. The van der Waals surface area contributed by atoms with Crippen LogP contribution in [0, 0.1) is 0 Å². The van der Waals surface area contributed by atoms with Gasteiger partial charge >= 0.3 is 11.7 Å². The van der Waals surface area contributed by atoms with Crippen LogP contribution in [0.5, 0.6) is 11.5 Å². The number of benzene rings is 2. The number of carbonyl (C=O) groups excluding carboxylic acids is 1. The van der Waals surface area contributed by atoms with Gasteiger partial charge in [0.15, 0.2) is 11.5 Å². The van der Waals surface area contributed by atoms with Crippen molar-refractivity contribution in [3.8, 4) is 22.8 Å². The quantitative estimate of drug-likeness (QED) is 0.349. The first-order chi connectivity index (χ1) is 17.3. The van der Waals surface area contributed by atoms with E-state index in [9.17, 15) is 14.4 Å². The molecule has 0 N–H and O–H groups in total. The third kappa shape index (κ3) is 4.92. The smallest absolute Gasteiger partial charge is 0.342 e. The zero-order chi connectivity index (χ0) is 25.8. The van der Waals surface area contributed by atoms with Gasteiger partial charge in [-0.3, -0.25) is 18.6 Å². The number of carbonyl (C=O) groups is 1. The van der Waals surface area contributed by atoms with E-state index in [-0.39, 0.29) is 17.9 Å². The number of aromatic nitrogens is 4. The Morgan fingerprint density at radius 2 is 1.64 bits per heavy atom. The summed E-state index contributed by atoms with van der Waals surface area (Å²) in [6, 6.07) is 16.2. The predicted molar refractivity (Wildman–Crippen MR) is 132 cm³/mol. The van der Waals surface area contributed by atoms with Crippen molar-refractivity contribution in [1.29, 1.82) is 0 Å². The summed E-state index contributed by atoms with van der Waals surface area (Å²) in [5.41, 5.74) is 1.56. The van der Waals surface area contributed by atoms with Crippen molar-refractivity contribution in [1.82, 2.24) is 18.9 Å². The van der Waals surface area contributed by atoms with Crippen molar-refractivity contribution in [2.24, 2.45) is 14.1 Å². The zero-order valence-electron chi connectivity index (χ0n) is 20.4. The Hall–Kier alpha value is -4.60. The molecule has 0 radical (unpaired) electrons. The number of methoxy groups -OCH3 is 2. The van der Waals surface area contributed by atoms with E-state index in [0.29, 0.717) is 29.3 Å². The van der Waals surface area contributed by atoms with Crippen LogP contribution in [-0.2, 0) is 32.0 Å². The van der Waals surface area contributed by atoms with Gasteiger partial charge in [0.25, 0.3) is 5.56 Å². The lowest BCUT2D eigenvalue weighted by Gasteiger charge is -2.11. The molecule has 0 bridgehead atoms. The van der Waals surface area contributed by atoms with Gasteiger partial charge in [-0.25, -0.2) is 9.59 Å². The van der Waals surface area contributed by atoms with E-state index in [1.807, 2.05) is 30.3 Å². The minimum Gasteiger partial charge on any atom is -0.493 e. The second kappa shape index (κ2) is 10.3. The van der Waals surface area contributed by atoms with Gasteiger partial charge in [0.1, 0.15) is 17.9 Å². The lowest BCUT2D eigenvalue weighted by Crippen LogP contribution is -2.38. The molecule has 0 spiro atoms. The standard InChI is InChI=1S/C26H26N4O6/c1-28-19(13-23(31)29(2)26(28)33)16-36-25(32)20-15-30(14-17-8-6-5-7-9-17)27-24(20)18-10-11-21(34-3)22(12-18)35-4/h5-13,15H,14,16H2,1-4H3. The molecule has 0 amide bonds. The van der Waals surface area contributed by atoms with Crippen LogP contribution in [0.25, 0.3) is 11.3 Å². The van der Waals surface area contributed by atoms with Gasteiger partial charge in [0, 0.05) is 31.9 Å². The molecule has 2 aromatic heterocycles. The second-order valence-electron chi connectivity index (χ2n) is 8.09. The fourth-order valence-corrected chi connectivity index (χ4v) is 3.75. The fourth-order valence-electron chi connectivity index (χ4n) is 3.75. The van der Waals surface area contributed by atoms with Crippen molar-refractivity contribution < 1.29 is 19.0 Å².